The van der Waals surface area contributed by atoms with Gasteiger partial charge in [-0.05, 0) is 18.2 Å². The van der Waals surface area contributed by atoms with Crippen molar-refractivity contribution in [1.29, 1.82) is 0 Å². The summed E-state index contributed by atoms with van der Waals surface area (Å²) in [5, 5.41) is 2.53. The number of carbonyl (C=O) groups excluding carboxylic acids is 1. The van der Waals surface area contributed by atoms with Crippen LogP contribution < -0.4 is 9.47 Å². The summed E-state index contributed by atoms with van der Waals surface area (Å²) in [5.41, 5.74) is 1.34. The first-order valence-corrected chi connectivity index (χ1v) is 6.84. The van der Waals surface area contributed by atoms with Gasteiger partial charge >= 0.3 is 0 Å². The first-order valence-electron chi connectivity index (χ1n) is 5.96. The lowest BCUT2D eigenvalue weighted by molar-refractivity contribution is 0.0823. The van der Waals surface area contributed by atoms with E-state index < -0.39 is 0 Å². The van der Waals surface area contributed by atoms with E-state index >= 15 is 0 Å². The molecule has 6 heteroatoms. The van der Waals surface area contributed by atoms with Crippen molar-refractivity contribution in [2.24, 2.45) is 0 Å². The summed E-state index contributed by atoms with van der Waals surface area (Å²) in [7, 11) is 6.59. The van der Waals surface area contributed by atoms with Gasteiger partial charge in [0.25, 0.3) is 5.91 Å². The molecular formula is C14H16N2O3S. The third-order valence-corrected chi connectivity index (χ3v) is 3.65. The SMILES string of the molecule is COc1ccc(-c2nc(C(=O)N(C)C)cs2)cc1OC. The topological polar surface area (TPSA) is 51.7 Å². The van der Waals surface area contributed by atoms with Crippen LogP contribution in [0, 0.1) is 0 Å². The molecule has 1 heterocycles. The third-order valence-electron chi connectivity index (χ3n) is 2.76. The van der Waals surface area contributed by atoms with Crippen LogP contribution in [0.2, 0.25) is 0 Å². The summed E-state index contributed by atoms with van der Waals surface area (Å²) in [4.78, 5) is 17.7. The van der Waals surface area contributed by atoms with Gasteiger partial charge in [-0.3, -0.25) is 4.79 Å². The number of carbonyl (C=O) groups is 1. The second kappa shape index (κ2) is 5.92. The van der Waals surface area contributed by atoms with E-state index in [-0.39, 0.29) is 5.91 Å². The predicted octanol–water partition coefficient (Wildman–Crippen LogP) is 2.53. The van der Waals surface area contributed by atoms with E-state index in [1.807, 2.05) is 18.2 Å². The van der Waals surface area contributed by atoms with Crippen LogP contribution >= 0.6 is 11.3 Å². The molecule has 0 fully saturated rings. The first-order chi connectivity index (χ1) is 9.56. The molecule has 20 heavy (non-hydrogen) atoms. The van der Waals surface area contributed by atoms with Gasteiger partial charge in [0, 0.05) is 25.0 Å². The van der Waals surface area contributed by atoms with Gasteiger partial charge < -0.3 is 14.4 Å². The highest BCUT2D eigenvalue weighted by Gasteiger charge is 2.14. The lowest BCUT2D eigenvalue weighted by Gasteiger charge is -2.08. The van der Waals surface area contributed by atoms with E-state index in [2.05, 4.69) is 4.98 Å². The Hall–Kier alpha value is -2.08. The second-order valence-corrected chi connectivity index (χ2v) is 5.17. The van der Waals surface area contributed by atoms with Gasteiger partial charge in [0.1, 0.15) is 10.7 Å². The number of methoxy groups -OCH3 is 2. The molecule has 0 bridgehead atoms. The van der Waals surface area contributed by atoms with Crippen LogP contribution in [-0.4, -0.2) is 44.1 Å². The minimum absolute atomic E-state index is 0.104. The number of benzene rings is 1. The van der Waals surface area contributed by atoms with Crippen LogP contribution in [0.5, 0.6) is 11.5 Å². The molecule has 0 spiro atoms. The third kappa shape index (κ3) is 2.75. The fourth-order valence-corrected chi connectivity index (χ4v) is 2.49. The molecule has 0 radical (unpaired) electrons. The first kappa shape index (κ1) is 14.3. The highest BCUT2D eigenvalue weighted by molar-refractivity contribution is 7.13. The van der Waals surface area contributed by atoms with Crippen molar-refractivity contribution in [2.75, 3.05) is 28.3 Å². The maximum atomic E-state index is 11.8. The van der Waals surface area contributed by atoms with E-state index in [1.165, 1.54) is 16.2 Å². The Bertz CT molecular complexity index is 623. The largest absolute Gasteiger partial charge is 0.493 e. The van der Waals surface area contributed by atoms with Crippen molar-refractivity contribution < 1.29 is 14.3 Å². The fraction of sp³-hybridized carbons (Fsp3) is 0.286. The smallest absolute Gasteiger partial charge is 0.272 e. The summed E-state index contributed by atoms with van der Waals surface area (Å²) in [6.07, 6.45) is 0. The molecule has 1 aromatic heterocycles. The van der Waals surface area contributed by atoms with Gasteiger partial charge in [0.2, 0.25) is 0 Å². The Morgan fingerprint density at radius 3 is 2.50 bits per heavy atom. The molecule has 0 saturated heterocycles. The second-order valence-electron chi connectivity index (χ2n) is 4.31. The van der Waals surface area contributed by atoms with Crippen LogP contribution in [0.1, 0.15) is 10.5 Å². The molecule has 0 aliphatic heterocycles. The number of nitrogens with zero attached hydrogens (tertiary/aromatic N) is 2. The van der Waals surface area contributed by atoms with E-state index in [9.17, 15) is 4.79 Å². The number of aromatic nitrogens is 1. The lowest BCUT2D eigenvalue weighted by Crippen LogP contribution is -2.21. The lowest BCUT2D eigenvalue weighted by atomic mass is 10.2. The highest BCUT2D eigenvalue weighted by atomic mass is 32.1. The van der Waals surface area contributed by atoms with Gasteiger partial charge in [0.05, 0.1) is 14.2 Å². The van der Waals surface area contributed by atoms with E-state index in [1.54, 1.807) is 33.7 Å². The Kier molecular flexibility index (Phi) is 4.24. The van der Waals surface area contributed by atoms with Gasteiger partial charge in [-0.25, -0.2) is 4.98 Å². The van der Waals surface area contributed by atoms with Crippen molar-refractivity contribution in [2.45, 2.75) is 0 Å². The summed E-state index contributed by atoms with van der Waals surface area (Å²) in [5.74, 6) is 1.20. The molecule has 0 aliphatic carbocycles. The quantitative estimate of drug-likeness (QED) is 0.869. The predicted molar refractivity (Wildman–Crippen MR) is 78.7 cm³/mol. The molecule has 1 amide bonds. The van der Waals surface area contributed by atoms with Crippen molar-refractivity contribution in [3.05, 3.63) is 29.3 Å². The normalized spacial score (nSPS) is 10.2. The van der Waals surface area contributed by atoms with Crippen molar-refractivity contribution in [3.63, 3.8) is 0 Å². The summed E-state index contributed by atoms with van der Waals surface area (Å²) in [6, 6.07) is 5.56. The van der Waals surface area contributed by atoms with Crippen molar-refractivity contribution in [3.8, 4) is 22.1 Å². The number of amides is 1. The van der Waals surface area contributed by atoms with Crippen LogP contribution in [0.25, 0.3) is 10.6 Å². The Morgan fingerprint density at radius 2 is 1.90 bits per heavy atom. The molecule has 2 aromatic rings. The standard InChI is InChI=1S/C14H16N2O3S/c1-16(2)14(17)10-8-20-13(15-10)9-5-6-11(18-3)12(7-9)19-4/h5-8H,1-4H3. The molecule has 1 aromatic carbocycles. The van der Waals surface area contributed by atoms with Crippen LogP contribution in [0.15, 0.2) is 23.6 Å². The monoisotopic (exact) mass is 292 g/mol. The molecular weight excluding hydrogens is 276 g/mol. The zero-order valence-electron chi connectivity index (χ0n) is 11.8. The van der Waals surface area contributed by atoms with Gasteiger partial charge in [-0.15, -0.1) is 11.3 Å². The average Bonchev–Trinajstić information content (AvgIpc) is 2.95. The average molecular weight is 292 g/mol. The molecule has 0 atom stereocenters. The number of rotatable bonds is 4. The minimum Gasteiger partial charge on any atom is -0.493 e. The molecule has 0 saturated carbocycles. The van der Waals surface area contributed by atoms with E-state index in [4.69, 9.17) is 9.47 Å². The maximum absolute atomic E-state index is 11.8. The van der Waals surface area contributed by atoms with E-state index in [0.29, 0.717) is 17.2 Å². The highest BCUT2D eigenvalue weighted by Crippen LogP contribution is 2.33. The maximum Gasteiger partial charge on any atom is 0.272 e. The van der Waals surface area contributed by atoms with E-state index in [0.717, 1.165) is 10.6 Å². The number of hydrogen-bond acceptors (Lipinski definition) is 5. The fourth-order valence-electron chi connectivity index (χ4n) is 1.70. The zero-order valence-corrected chi connectivity index (χ0v) is 12.7. The molecule has 0 aliphatic rings. The molecule has 106 valence electrons. The van der Waals surface area contributed by atoms with Gasteiger partial charge in [-0.2, -0.15) is 0 Å². The Morgan fingerprint density at radius 1 is 1.20 bits per heavy atom. The van der Waals surface area contributed by atoms with Gasteiger partial charge in [-0.1, -0.05) is 0 Å². The number of hydrogen-bond donors (Lipinski definition) is 0. The summed E-state index contributed by atoms with van der Waals surface area (Å²) in [6.45, 7) is 0. The molecule has 5 nitrogen and oxygen atoms in total. The van der Waals surface area contributed by atoms with Crippen LogP contribution in [-0.2, 0) is 0 Å². The van der Waals surface area contributed by atoms with Gasteiger partial charge in [0.15, 0.2) is 11.5 Å². The molecule has 2 rings (SSSR count). The van der Waals surface area contributed by atoms with Crippen molar-refractivity contribution >= 4 is 17.2 Å². The van der Waals surface area contributed by atoms with Crippen molar-refractivity contribution in [1.82, 2.24) is 9.88 Å². The van der Waals surface area contributed by atoms with Crippen LogP contribution in [0.3, 0.4) is 0 Å². The number of thiazole rings is 1. The minimum atomic E-state index is -0.104. The zero-order chi connectivity index (χ0) is 14.7. The number of ether oxygens (including phenoxy) is 2. The molecule has 0 N–H and O–H groups in total. The molecule has 0 unspecified atom stereocenters. The Labute approximate surface area is 121 Å². The summed E-state index contributed by atoms with van der Waals surface area (Å²) >= 11 is 1.43. The Balaban J connectivity index is 2.35. The van der Waals surface area contributed by atoms with Crippen LogP contribution in [0.4, 0.5) is 0 Å². The summed E-state index contributed by atoms with van der Waals surface area (Å²) < 4.78 is 10.5.